The minimum Gasteiger partial charge on any atom is -0.375 e. The highest BCUT2D eigenvalue weighted by molar-refractivity contribution is 5.84. The molecule has 0 radical (unpaired) electrons. The molecule has 0 aromatic heterocycles. The van der Waals surface area contributed by atoms with E-state index < -0.39 is 0 Å². The monoisotopic (exact) mass is 320 g/mol. The molecule has 0 spiro atoms. The molecule has 1 saturated heterocycles. The lowest BCUT2D eigenvalue weighted by atomic mass is 9.46. The van der Waals surface area contributed by atoms with E-state index in [0.29, 0.717) is 37.4 Å². The van der Waals surface area contributed by atoms with E-state index in [4.69, 9.17) is 4.74 Å². The Morgan fingerprint density at radius 3 is 2.48 bits per heavy atom. The highest BCUT2D eigenvalue weighted by atomic mass is 16.5. The smallest absolute Gasteiger partial charge is 0.229 e. The fourth-order valence-electron chi connectivity index (χ4n) is 6.37. The van der Waals surface area contributed by atoms with Gasteiger partial charge in [0.05, 0.1) is 18.1 Å². The van der Waals surface area contributed by atoms with E-state index in [9.17, 15) is 9.59 Å². The van der Waals surface area contributed by atoms with Crippen LogP contribution in [-0.4, -0.2) is 48.1 Å². The van der Waals surface area contributed by atoms with Crippen LogP contribution in [0.5, 0.6) is 0 Å². The Hall–Kier alpha value is -1.10. The highest BCUT2D eigenvalue weighted by Crippen LogP contribution is 2.62. The summed E-state index contributed by atoms with van der Waals surface area (Å²) in [5, 5.41) is 3.24. The van der Waals surface area contributed by atoms with Crippen molar-refractivity contribution in [3.05, 3.63) is 0 Å². The summed E-state index contributed by atoms with van der Waals surface area (Å²) in [6, 6.07) is 0. The maximum absolute atomic E-state index is 13.4. The van der Waals surface area contributed by atoms with Gasteiger partial charge in [0.25, 0.3) is 0 Å². The van der Waals surface area contributed by atoms with E-state index in [1.807, 2.05) is 11.8 Å². The van der Waals surface area contributed by atoms with Crippen LogP contribution in [0.1, 0.15) is 52.4 Å². The third-order valence-electron chi connectivity index (χ3n) is 6.48. The third-order valence-corrected chi connectivity index (χ3v) is 6.48. The van der Waals surface area contributed by atoms with E-state index in [1.165, 1.54) is 6.42 Å². The summed E-state index contributed by atoms with van der Waals surface area (Å²) in [7, 11) is 0. The zero-order valence-corrected chi connectivity index (χ0v) is 14.3. The maximum atomic E-state index is 13.4. The molecule has 4 saturated carbocycles. The molecule has 4 bridgehead atoms. The fourth-order valence-corrected chi connectivity index (χ4v) is 6.37. The molecular weight excluding hydrogens is 292 g/mol. The molecule has 0 aromatic carbocycles. The molecule has 5 aliphatic rings. The molecule has 1 N–H and O–H groups in total. The Morgan fingerprint density at radius 2 is 1.87 bits per heavy atom. The lowest BCUT2D eigenvalue weighted by Crippen LogP contribution is -2.66. The Bertz CT molecular complexity index is 518. The number of hydrogen-bond acceptors (Lipinski definition) is 3. The molecule has 5 fully saturated rings. The quantitative estimate of drug-likeness (QED) is 0.842. The van der Waals surface area contributed by atoms with Crippen molar-refractivity contribution in [3.8, 4) is 0 Å². The summed E-state index contributed by atoms with van der Waals surface area (Å²) in [4.78, 5) is 27.1. The number of nitrogens with one attached hydrogen (secondary N) is 1. The molecule has 1 aliphatic heterocycles. The SMILES string of the molecule is CC(=O)NC12CC3CC(C1)CC(C(=O)N1CCOC(C)C1)(C3)C2. The predicted octanol–water partition coefficient (Wildman–Crippen LogP) is 1.71. The van der Waals surface area contributed by atoms with Gasteiger partial charge in [0, 0.05) is 25.6 Å². The standard InChI is InChI=1S/C18H28N2O3/c1-12-10-20(3-4-23-12)16(22)17-6-14-5-15(7-17)9-18(8-14,11-17)19-13(2)21/h12,14-15H,3-11H2,1-2H3,(H,19,21). The first-order valence-corrected chi connectivity index (χ1v) is 9.10. The molecule has 3 unspecified atom stereocenters. The number of carbonyl (C=O) groups is 2. The first-order chi connectivity index (χ1) is 10.9. The minimum atomic E-state index is -0.233. The first kappa shape index (κ1) is 15.4. The van der Waals surface area contributed by atoms with E-state index in [0.717, 1.165) is 32.1 Å². The Balaban J connectivity index is 1.60. The summed E-state index contributed by atoms with van der Waals surface area (Å²) in [6.45, 7) is 5.72. The molecule has 23 heavy (non-hydrogen) atoms. The second kappa shape index (κ2) is 5.20. The lowest BCUT2D eigenvalue weighted by Gasteiger charge is -2.62. The van der Waals surface area contributed by atoms with Crippen molar-refractivity contribution in [1.29, 1.82) is 0 Å². The summed E-state index contributed by atoms with van der Waals surface area (Å²) in [6.07, 6.45) is 6.40. The number of morpholine rings is 1. The minimum absolute atomic E-state index is 0.0505. The van der Waals surface area contributed by atoms with Crippen molar-refractivity contribution in [2.75, 3.05) is 19.7 Å². The van der Waals surface area contributed by atoms with Crippen molar-refractivity contribution in [3.63, 3.8) is 0 Å². The molecule has 4 aliphatic carbocycles. The topological polar surface area (TPSA) is 58.6 Å². The fraction of sp³-hybridized carbons (Fsp3) is 0.889. The van der Waals surface area contributed by atoms with Crippen LogP contribution in [0, 0.1) is 17.3 Å². The lowest BCUT2D eigenvalue weighted by molar-refractivity contribution is -0.168. The van der Waals surface area contributed by atoms with Gasteiger partial charge in [-0.15, -0.1) is 0 Å². The van der Waals surface area contributed by atoms with Gasteiger partial charge >= 0.3 is 0 Å². The van der Waals surface area contributed by atoms with Gasteiger partial charge in [-0.05, 0) is 57.3 Å². The molecule has 5 rings (SSSR count). The maximum Gasteiger partial charge on any atom is 0.229 e. The van der Waals surface area contributed by atoms with Gasteiger partial charge in [-0.2, -0.15) is 0 Å². The van der Waals surface area contributed by atoms with Crippen LogP contribution in [-0.2, 0) is 14.3 Å². The average molecular weight is 320 g/mol. The number of carbonyl (C=O) groups excluding carboxylic acids is 2. The second-order valence-corrected chi connectivity index (χ2v) is 8.64. The molecule has 1 heterocycles. The van der Waals surface area contributed by atoms with E-state index in [2.05, 4.69) is 5.32 Å². The van der Waals surface area contributed by atoms with Crippen molar-refractivity contribution < 1.29 is 14.3 Å². The van der Waals surface area contributed by atoms with Crippen LogP contribution in [0.4, 0.5) is 0 Å². The Labute approximate surface area is 138 Å². The molecule has 2 amide bonds. The molecule has 5 heteroatoms. The number of ether oxygens (including phenoxy) is 1. The second-order valence-electron chi connectivity index (χ2n) is 8.64. The van der Waals surface area contributed by atoms with Crippen molar-refractivity contribution in [2.45, 2.75) is 64.0 Å². The largest absolute Gasteiger partial charge is 0.375 e. The van der Waals surface area contributed by atoms with Gasteiger partial charge in [-0.3, -0.25) is 9.59 Å². The summed E-state index contributed by atoms with van der Waals surface area (Å²) >= 11 is 0. The van der Waals surface area contributed by atoms with Crippen LogP contribution < -0.4 is 5.32 Å². The van der Waals surface area contributed by atoms with Crippen molar-refractivity contribution >= 4 is 11.8 Å². The zero-order chi connectivity index (χ0) is 16.2. The predicted molar refractivity (Wildman–Crippen MR) is 85.7 cm³/mol. The van der Waals surface area contributed by atoms with Gasteiger partial charge in [-0.1, -0.05) is 0 Å². The molecular formula is C18H28N2O3. The summed E-state index contributed by atoms with van der Waals surface area (Å²) in [5.41, 5.74) is -0.354. The number of rotatable bonds is 2. The van der Waals surface area contributed by atoms with Crippen LogP contribution in [0.25, 0.3) is 0 Å². The van der Waals surface area contributed by atoms with Crippen LogP contribution in [0.15, 0.2) is 0 Å². The van der Waals surface area contributed by atoms with E-state index in [-0.39, 0.29) is 23.0 Å². The summed E-state index contributed by atoms with van der Waals surface area (Å²) < 4.78 is 5.60. The highest BCUT2D eigenvalue weighted by Gasteiger charge is 2.61. The average Bonchev–Trinajstić information content (AvgIpc) is 2.43. The normalized spacial score (nSPS) is 45.1. The summed E-state index contributed by atoms with van der Waals surface area (Å²) in [5.74, 6) is 1.59. The van der Waals surface area contributed by atoms with Gasteiger partial charge in [0.15, 0.2) is 0 Å². The molecule has 5 nitrogen and oxygen atoms in total. The van der Waals surface area contributed by atoms with Crippen LogP contribution >= 0.6 is 0 Å². The van der Waals surface area contributed by atoms with Crippen molar-refractivity contribution in [2.24, 2.45) is 17.3 Å². The zero-order valence-electron chi connectivity index (χ0n) is 14.3. The van der Waals surface area contributed by atoms with E-state index >= 15 is 0 Å². The van der Waals surface area contributed by atoms with Gasteiger partial charge in [0.1, 0.15) is 0 Å². The van der Waals surface area contributed by atoms with Gasteiger partial charge in [-0.25, -0.2) is 0 Å². The van der Waals surface area contributed by atoms with Crippen LogP contribution in [0.2, 0.25) is 0 Å². The first-order valence-electron chi connectivity index (χ1n) is 9.10. The molecule has 3 atom stereocenters. The number of nitrogens with zero attached hydrogens (tertiary/aromatic N) is 1. The Kier molecular flexibility index (Phi) is 3.49. The number of hydrogen-bond donors (Lipinski definition) is 1. The Morgan fingerprint density at radius 1 is 1.17 bits per heavy atom. The van der Waals surface area contributed by atoms with Gasteiger partial charge in [0.2, 0.25) is 11.8 Å². The third kappa shape index (κ3) is 2.57. The van der Waals surface area contributed by atoms with Crippen LogP contribution in [0.3, 0.4) is 0 Å². The van der Waals surface area contributed by atoms with Crippen molar-refractivity contribution in [1.82, 2.24) is 10.2 Å². The molecule has 128 valence electrons. The number of amides is 2. The van der Waals surface area contributed by atoms with Gasteiger partial charge < -0.3 is 15.0 Å². The molecule has 0 aromatic rings. The van der Waals surface area contributed by atoms with E-state index in [1.54, 1.807) is 6.92 Å².